The first-order valence-corrected chi connectivity index (χ1v) is 6.68. The molecule has 0 unspecified atom stereocenters. The Morgan fingerprint density at radius 3 is 2.90 bits per heavy atom. The van der Waals surface area contributed by atoms with Gasteiger partial charge in [-0.15, -0.1) is 0 Å². The van der Waals surface area contributed by atoms with Crippen LogP contribution in [0.5, 0.6) is 0 Å². The molecule has 20 heavy (non-hydrogen) atoms. The number of carbonyl (C=O) groups is 1. The maximum Gasteiger partial charge on any atom is 0.270 e. The highest BCUT2D eigenvalue weighted by molar-refractivity contribution is 5.93. The molecule has 2 aromatic heterocycles. The van der Waals surface area contributed by atoms with Crippen molar-refractivity contribution in [3.8, 4) is 0 Å². The summed E-state index contributed by atoms with van der Waals surface area (Å²) in [4.78, 5) is 20.7. The second kappa shape index (κ2) is 4.73. The molecule has 3 rings (SSSR count). The smallest absolute Gasteiger partial charge is 0.270 e. The van der Waals surface area contributed by atoms with Crippen molar-refractivity contribution in [2.75, 3.05) is 0 Å². The summed E-state index contributed by atoms with van der Waals surface area (Å²) < 4.78 is 6.90. The van der Waals surface area contributed by atoms with E-state index in [1.54, 1.807) is 24.9 Å². The molecule has 0 spiro atoms. The zero-order chi connectivity index (χ0) is 14.3. The van der Waals surface area contributed by atoms with Crippen molar-refractivity contribution in [3.05, 3.63) is 29.4 Å². The topological polar surface area (TPSA) is 85.8 Å². The van der Waals surface area contributed by atoms with Gasteiger partial charge in [-0.3, -0.25) is 4.79 Å². The van der Waals surface area contributed by atoms with E-state index in [0.717, 1.165) is 18.7 Å². The number of aryl methyl sites for hydroxylation is 2. The van der Waals surface area contributed by atoms with Crippen LogP contribution in [-0.4, -0.2) is 25.6 Å². The molecular formula is C13H17N5O2. The van der Waals surface area contributed by atoms with Crippen LogP contribution in [0.1, 0.15) is 59.6 Å². The summed E-state index contributed by atoms with van der Waals surface area (Å²) >= 11 is 0. The van der Waals surface area contributed by atoms with Crippen molar-refractivity contribution in [1.82, 2.24) is 25.0 Å². The Kier molecular flexibility index (Phi) is 3.04. The van der Waals surface area contributed by atoms with Crippen molar-refractivity contribution in [1.29, 1.82) is 0 Å². The lowest BCUT2D eigenvalue weighted by Crippen LogP contribution is -2.29. The summed E-state index contributed by atoms with van der Waals surface area (Å²) in [7, 11) is 1.79. The Bertz CT molecular complexity index is 621. The van der Waals surface area contributed by atoms with E-state index in [1.165, 1.54) is 0 Å². The van der Waals surface area contributed by atoms with E-state index < -0.39 is 0 Å². The fourth-order valence-corrected chi connectivity index (χ4v) is 2.13. The molecule has 0 radical (unpaired) electrons. The second-order valence-corrected chi connectivity index (χ2v) is 5.25. The molecule has 7 heteroatoms. The number of aromatic nitrogens is 4. The Hall–Kier alpha value is -2.18. The van der Waals surface area contributed by atoms with Crippen molar-refractivity contribution in [3.63, 3.8) is 0 Å². The van der Waals surface area contributed by atoms with Crippen LogP contribution in [0.15, 0.2) is 10.9 Å². The maximum absolute atomic E-state index is 12.2. The molecule has 1 saturated carbocycles. The van der Waals surface area contributed by atoms with Crippen molar-refractivity contribution >= 4 is 5.91 Å². The predicted molar refractivity (Wildman–Crippen MR) is 70.1 cm³/mol. The number of hydrogen-bond donors (Lipinski definition) is 1. The average molecular weight is 275 g/mol. The minimum Gasteiger partial charge on any atom is -0.339 e. The van der Waals surface area contributed by atoms with Crippen LogP contribution < -0.4 is 5.32 Å². The van der Waals surface area contributed by atoms with E-state index >= 15 is 0 Å². The highest BCUT2D eigenvalue weighted by Gasteiger charge is 2.30. The summed E-state index contributed by atoms with van der Waals surface area (Å²) in [6, 6.07) is -0.322. The first-order valence-electron chi connectivity index (χ1n) is 6.68. The van der Waals surface area contributed by atoms with Gasteiger partial charge in [0.25, 0.3) is 5.91 Å². The lowest BCUT2D eigenvalue weighted by atomic mass is 10.2. The van der Waals surface area contributed by atoms with Crippen LogP contribution in [0.3, 0.4) is 0 Å². The number of hydrogen-bond acceptors (Lipinski definition) is 5. The van der Waals surface area contributed by atoms with Gasteiger partial charge in [-0.05, 0) is 26.7 Å². The molecule has 2 aromatic rings. The Labute approximate surface area is 116 Å². The SMILES string of the molecule is Cc1ncn(C)c1C(=O)N[C@H](C)c1nc(C2CC2)no1. The fourth-order valence-electron chi connectivity index (χ4n) is 2.13. The van der Waals surface area contributed by atoms with Gasteiger partial charge in [-0.25, -0.2) is 4.98 Å². The van der Waals surface area contributed by atoms with Gasteiger partial charge in [0.05, 0.1) is 12.0 Å². The zero-order valence-corrected chi connectivity index (χ0v) is 11.8. The summed E-state index contributed by atoms with van der Waals surface area (Å²) in [5, 5.41) is 6.81. The minimum absolute atomic E-state index is 0.193. The molecule has 0 aliphatic heterocycles. The van der Waals surface area contributed by atoms with Gasteiger partial charge in [0.2, 0.25) is 5.89 Å². The molecule has 0 bridgehead atoms. The quantitative estimate of drug-likeness (QED) is 0.913. The molecule has 1 amide bonds. The van der Waals surface area contributed by atoms with Crippen molar-refractivity contribution < 1.29 is 9.32 Å². The number of imidazole rings is 1. The summed E-state index contributed by atoms with van der Waals surface area (Å²) in [6.07, 6.45) is 3.86. The largest absolute Gasteiger partial charge is 0.339 e. The Morgan fingerprint density at radius 1 is 1.55 bits per heavy atom. The van der Waals surface area contributed by atoms with E-state index in [2.05, 4.69) is 20.4 Å². The second-order valence-electron chi connectivity index (χ2n) is 5.25. The molecule has 1 fully saturated rings. The Morgan fingerprint density at radius 2 is 2.30 bits per heavy atom. The average Bonchev–Trinajstić information content (AvgIpc) is 3.03. The third-order valence-corrected chi connectivity index (χ3v) is 3.45. The summed E-state index contributed by atoms with van der Waals surface area (Å²) in [5.74, 6) is 1.44. The number of rotatable bonds is 4. The van der Waals surface area contributed by atoms with Crippen LogP contribution in [0.4, 0.5) is 0 Å². The standard InChI is InChI=1S/C13H17N5O2/c1-7-10(18(3)6-14-7)12(19)15-8(2)13-16-11(17-20-13)9-4-5-9/h6,8-9H,4-5H2,1-3H3,(H,15,19)/t8-/m1/s1. The highest BCUT2D eigenvalue weighted by atomic mass is 16.5. The zero-order valence-electron chi connectivity index (χ0n) is 11.8. The third-order valence-electron chi connectivity index (χ3n) is 3.45. The first kappa shape index (κ1) is 12.8. The number of carbonyl (C=O) groups excluding carboxylic acids is 1. The third kappa shape index (κ3) is 2.31. The minimum atomic E-state index is -0.322. The molecule has 7 nitrogen and oxygen atoms in total. The molecule has 0 saturated heterocycles. The van der Waals surface area contributed by atoms with E-state index in [-0.39, 0.29) is 11.9 Å². The molecule has 1 N–H and O–H groups in total. The summed E-state index contributed by atoms with van der Waals surface area (Å²) in [6.45, 7) is 3.63. The van der Waals surface area contributed by atoms with Gasteiger partial charge in [0, 0.05) is 13.0 Å². The monoisotopic (exact) mass is 275 g/mol. The fraction of sp³-hybridized carbons (Fsp3) is 0.538. The van der Waals surface area contributed by atoms with Crippen molar-refractivity contribution in [2.24, 2.45) is 7.05 Å². The van der Waals surface area contributed by atoms with Gasteiger partial charge in [0.15, 0.2) is 5.82 Å². The number of nitrogens with zero attached hydrogens (tertiary/aromatic N) is 4. The molecule has 1 atom stereocenters. The van der Waals surface area contributed by atoms with Crippen LogP contribution in [0.25, 0.3) is 0 Å². The lowest BCUT2D eigenvalue weighted by molar-refractivity contribution is 0.0923. The van der Waals surface area contributed by atoms with E-state index in [1.807, 2.05) is 6.92 Å². The summed E-state index contributed by atoms with van der Waals surface area (Å²) in [5.41, 5.74) is 1.24. The number of amides is 1. The van der Waals surface area contributed by atoms with Gasteiger partial charge in [0.1, 0.15) is 11.7 Å². The highest BCUT2D eigenvalue weighted by Crippen LogP contribution is 2.38. The first-order chi connectivity index (χ1) is 9.56. The van der Waals surface area contributed by atoms with E-state index in [9.17, 15) is 4.79 Å². The van der Waals surface area contributed by atoms with Gasteiger partial charge in [-0.1, -0.05) is 5.16 Å². The Balaban J connectivity index is 1.71. The van der Waals surface area contributed by atoms with Crippen LogP contribution in [0, 0.1) is 6.92 Å². The predicted octanol–water partition coefficient (Wildman–Crippen LogP) is 1.48. The van der Waals surface area contributed by atoms with Crippen LogP contribution in [0.2, 0.25) is 0 Å². The van der Waals surface area contributed by atoms with Crippen LogP contribution in [-0.2, 0) is 7.05 Å². The van der Waals surface area contributed by atoms with Crippen LogP contribution >= 0.6 is 0 Å². The van der Waals surface area contributed by atoms with Gasteiger partial charge < -0.3 is 14.4 Å². The normalized spacial score (nSPS) is 16.1. The molecular weight excluding hydrogens is 258 g/mol. The molecule has 1 aliphatic carbocycles. The van der Waals surface area contributed by atoms with Crippen molar-refractivity contribution in [2.45, 2.75) is 38.6 Å². The lowest BCUT2D eigenvalue weighted by Gasteiger charge is -2.10. The molecule has 106 valence electrons. The van der Waals surface area contributed by atoms with Gasteiger partial charge in [-0.2, -0.15) is 4.98 Å². The van der Waals surface area contributed by atoms with E-state index in [4.69, 9.17) is 4.52 Å². The van der Waals surface area contributed by atoms with E-state index in [0.29, 0.717) is 23.2 Å². The van der Waals surface area contributed by atoms with Gasteiger partial charge >= 0.3 is 0 Å². The molecule has 2 heterocycles. The maximum atomic E-state index is 12.2. The molecule has 0 aromatic carbocycles. The number of nitrogens with one attached hydrogen (secondary N) is 1. The molecule has 1 aliphatic rings.